The average Bonchev–Trinajstić information content (AvgIpc) is 2.26. The number of hydrogen-bond acceptors (Lipinski definition) is 5. The lowest BCUT2D eigenvalue weighted by Gasteiger charge is -2.22. The predicted molar refractivity (Wildman–Crippen MR) is 69.0 cm³/mol. The molecule has 5 nitrogen and oxygen atoms in total. The van der Waals surface area contributed by atoms with Gasteiger partial charge in [0.15, 0.2) is 0 Å². The van der Waals surface area contributed by atoms with Crippen LogP contribution in [0, 0.1) is 0 Å². The summed E-state index contributed by atoms with van der Waals surface area (Å²) in [6.45, 7) is 5.27. The van der Waals surface area contributed by atoms with E-state index >= 15 is 0 Å². The van der Waals surface area contributed by atoms with Crippen LogP contribution in [-0.2, 0) is 9.53 Å². The van der Waals surface area contributed by atoms with E-state index in [4.69, 9.17) is 20.5 Å². The van der Waals surface area contributed by atoms with E-state index in [1.54, 1.807) is 32.9 Å². The van der Waals surface area contributed by atoms with Crippen molar-refractivity contribution in [3.63, 3.8) is 0 Å². The van der Waals surface area contributed by atoms with Crippen LogP contribution in [-0.4, -0.2) is 28.7 Å². The minimum atomic E-state index is -1.59. The number of carbonyl (C=O) groups is 1. The SMILES string of the molecule is CC(C)(C)OC(=O)C(N)c1cccc(B(O)O)c1. The zero-order chi connectivity index (χ0) is 13.9. The van der Waals surface area contributed by atoms with Crippen LogP contribution in [0.15, 0.2) is 24.3 Å². The highest BCUT2D eigenvalue weighted by Gasteiger charge is 2.24. The van der Waals surface area contributed by atoms with Gasteiger partial charge in [-0.2, -0.15) is 0 Å². The molecule has 0 radical (unpaired) electrons. The molecular weight excluding hydrogens is 233 g/mol. The van der Waals surface area contributed by atoms with Gasteiger partial charge in [-0.3, -0.25) is 0 Å². The Morgan fingerprint density at radius 3 is 2.50 bits per heavy atom. The van der Waals surface area contributed by atoms with E-state index in [0.717, 1.165) is 0 Å². The van der Waals surface area contributed by atoms with Crippen molar-refractivity contribution in [3.8, 4) is 0 Å². The Morgan fingerprint density at radius 1 is 1.39 bits per heavy atom. The summed E-state index contributed by atoms with van der Waals surface area (Å²) in [5, 5.41) is 18.1. The molecule has 0 spiro atoms. The molecule has 0 bridgehead atoms. The third-order valence-corrected chi connectivity index (χ3v) is 2.23. The Labute approximate surface area is 107 Å². The first-order valence-electron chi connectivity index (χ1n) is 5.65. The molecule has 0 fully saturated rings. The normalized spacial score (nSPS) is 13.0. The molecule has 1 aromatic carbocycles. The number of benzene rings is 1. The third kappa shape index (κ3) is 4.14. The van der Waals surface area contributed by atoms with Crippen molar-refractivity contribution in [2.45, 2.75) is 32.4 Å². The van der Waals surface area contributed by atoms with Gasteiger partial charge in [0.25, 0.3) is 0 Å². The Balaban J connectivity index is 2.87. The Morgan fingerprint density at radius 2 is 2.00 bits per heavy atom. The molecule has 0 saturated carbocycles. The zero-order valence-electron chi connectivity index (χ0n) is 10.8. The van der Waals surface area contributed by atoms with Crippen LogP contribution < -0.4 is 11.2 Å². The standard InChI is InChI=1S/C12H18BNO4/c1-12(2,3)18-11(15)10(14)8-5-4-6-9(7-8)13(16)17/h4-7,10,16-17H,14H2,1-3H3. The summed E-state index contributed by atoms with van der Waals surface area (Å²) in [5.74, 6) is -0.549. The van der Waals surface area contributed by atoms with E-state index in [-0.39, 0.29) is 5.46 Å². The van der Waals surface area contributed by atoms with Crippen LogP contribution >= 0.6 is 0 Å². The zero-order valence-corrected chi connectivity index (χ0v) is 10.8. The van der Waals surface area contributed by atoms with Gasteiger partial charge in [-0.25, -0.2) is 4.79 Å². The van der Waals surface area contributed by atoms with Crippen LogP contribution in [0.1, 0.15) is 32.4 Å². The second kappa shape index (κ2) is 5.52. The molecule has 6 heteroatoms. The number of ether oxygens (including phenoxy) is 1. The number of nitrogens with two attached hydrogens (primary N) is 1. The molecule has 0 heterocycles. The largest absolute Gasteiger partial charge is 0.488 e. The van der Waals surface area contributed by atoms with Crippen molar-refractivity contribution < 1.29 is 19.6 Å². The molecule has 0 aliphatic carbocycles. The number of rotatable bonds is 3. The van der Waals surface area contributed by atoms with Gasteiger partial charge in [0.2, 0.25) is 0 Å². The summed E-state index contributed by atoms with van der Waals surface area (Å²) in [4.78, 5) is 11.8. The van der Waals surface area contributed by atoms with Gasteiger partial charge in [0, 0.05) is 0 Å². The van der Waals surface area contributed by atoms with E-state index in [1.807, 2.05) is 0 Å². The summed E-state index contributed by atoms with van der Waals surface area (Å²) in [5.41, 5.74) is 5.93. The molecule has 1 rings (SSSR count). The lowest BCUT2D eigenvalue weighted by atomic mass is 9.79. The third-order valence-electron chi connectivity index (χ3n) is 2.23. The molecule has 0 amide bonds. The molecule has 1 unspecified atom stereocenters. The van der Waals surface area contributed by atoms with Crippen molar-refractivity contribution >= 4 is 18.6 Å². The molecule has 4 N–H and O–H groups in total. The van der Waals surface area contributed by atoms with Gasteiger partial charge in [-0.15, -0.1) is 0 Å². The monoisotopic (exact) mass is 251 g/mol. The fourth-order valence-corrected chi connectivity index (χ4v) is 1.41. The van der Waals surface area contributed by atoms with Crippen molar-refractivity contribution in [1.82, 2.24) is 0 Å². The minimum absolute atomic E-state index is 0.284. The summed E-state index contributed by atoms with van der Waals surface area (Å²) >= 11 is 0. The molecule has 1 aromatic rings. The molecule has 18 heavy (non-hydrogen) atoms. The second-order valence-electron chi connectivity index (χ2n) is 5.05. The van der Waals surface area contributed by atoms with Gasteiger partial charge in [0.05, 0.1) is 0 Å². The lowest BCUT2D eigenvalue weighted by Crippen LogP contribution is -2.34. The maximum Gasteiger partial charge on any atom is 0.488 e. The highest BCUT2D eigenvalue weighted by Crippen LogP contribution is 2.15. The molecule has 98 valence electrons. The number of hydrogen-bond donors (Lipinski definition) is 3. The van der Waals surface area contributed by atoms with E-state index in [2.05, 4.69) is 0 Å². The molecule has 0 saturated heterocycles. The van der Waals surface area contributed by atoms with Crippen LogP contribution in [0.2, 0.25) is 0 Å². The summed E-state index contributed by atoms with van der Waals surface area (Å²) < 4.78 is 5.17. The van der Waals surface area contributed by atoms with E-state index < -0.39 is 24.7 Å². The van der Waals surface area contributed by atoms with Gasteiger partial charge < -0.3 is 20.5 Å². The molecule has 0 aliphatic heterocycles. The smallest absolute Gasteiger partial charge is 0.459 e. The first-order chi connectivity index (χ1) is 8.20. The number of carbonyl (C=O) groups excluding carboxylic acids is 1. The van der Waals surface area contributed by atoms with Gasteiger partial charge in [-0.1, -0.05) is 24.3 Å². The van der Waals surface area contributed by atoms with E-state index in [9.17, 15) is 4.79 Å². The maximum absolute atomic E-state index is 11.8. The quantitative estimate of drug-likeness (QED) is 0.507. The van der Waals surface area contributed by atoms with Crippen LogP contribution in [0.25, 0.3) is 0 Å². The van der Waals surface area contributed by atoms with Crippen molar-refractivity contribution in [2.75, 3.05) is 0 Å². The molecule has 0 aromatic heterocycles. The maximum atomic E-state index is 11.8. The van der Waals surface area contributed by atoms with Gasteiger partial charge >= 0.3 is 13.1 Å². The van der Waals surface area contributed by atoms with Crippen molar-refractivity contribution in [1.29, 1.82) is 0 Å². The van der Waals surface area contributed by atoms with Crippen LogP contribution in [0.3, 0.4) is 0 Å². The molecule has 1 atom stereocenters. The van der Waals surface area contributed by atoms with Crippen molar-refractivity contribution in [2.24, 2.45) is 5.73 Å². The topological polar surface area (TPSA) is 92.8 Å². The molecular formula is C12H18BNO4. The number of esters is 1. The summed E-state index contributed by atoms with van der Waals surface area (Å²) in [6, 6.07) is 5.31. The fraction of sp³-hybridized carbons (Fsp3) is 0.417. The average molecular weight is 251 g/mol. The fourth-order valence-electron chi connectivity index (χ4n) is 1.41. The van der Waals surface area contributed by atoms with Crippen LogP contribution in [0.5, 0.6) is 0 Å². The highest BCUT2D eigenvalue weighted by atomic mass is 16.6. The Hall–Kier alpha value is -1.37. The minimum Gasteiger partial charge on any atom is -0.459 e. The first-order valence-corrected chi connectivity index (χ1v) is 5.65. The van der Waals surface area contributed by atoms with E-state index in [0.29, 0.717) is 5.56 Å². The Bertz CT molecular complexity index is 428. The summed E-state index contributed by atoms with van der Waals surface area (Å²) in [7, 11) is -1.59. The highest BCUT2D eigenvalue weighted by molar-refractivity contribution is 6.58. The molecule has 0 aliphatic rings. The van der Waals surface area contributed by atoms with Crippen LogP contribution in [0.4, 0.5) is 0 Å². The predicted octanol–water partition coefficient (Wildman–Crippen LogP) is -0.292. The second-order valence-corrected chi connectivity index (χ2v) is 5.05. The van der Waals surface area contributed by atoms with Crippen molar-refractivity contribution in [3.05, 3.63) is 29.8 Å². The Kier molecular flexibility index (Phi) is 4.50. The lowest BCUT2D eigenvalue weighted by molar-refractivity contribution is -0.156. The first kappa shape index (κ1) is 14.7. The van der Waals surface area contributed by atoms with E-state index in [1.165, 1.54) is 12.1 Å². The van der Waals surface area contributed by atoms with Gasteiger partial charge in [-0.05, 0) is 31.8 Å². The summed E-state index contributed by atoms with van der Waals surface area (Å²) in [6.07, 6.45) is 0. The van der Waals surface area contributed by atoms with Gasteiger partial charge in [0.1, 0.15) is 11.6 Å².